The maximum absolute atomic E-state index is 13.5. The third kappa shape index (κ3) is 9.07. The van der Waals surface area contributed by atoms with E-state index in [0.717, 1.165) is 17.4 Å². The molecule has 1 atom stereocenters. The molecule has 37 heavy (non-hydrogen) atoms. The van der Waals surface area contributed by atoms with Crippen molar-refractivity contribution in [3.8, 4) is 5.75 Å². The van der Waals surface area contributed by atoms with Crippen molar-refractivity contribution in [2.75, 3.05) is 23.7 Å². The van der Waals surface area contributed by atoms with Crippen molar-refractivity contribution in [2.45, 2.75) is 72.5 Å². The van der Waals surface area contributed by atoms with Gasteiger partial charge in [-0.1, -0.05) is 48.9 Å². The molecule has 0 fully saturated rings. The Balaban J connectivity index is 2.25. The van der Waals surface area contributed by atoms with E-state index in [-0.39, 0.29) is 30.8 Å². The fourth-order valence-corrected chi connectivity index (χ4v) is 5.20. The number of hydrogen-bond acceptors (Lipinski definition) is 5. The van der Waals surface area contributed by atoms with Crippen LogP contribution in [0, 0.1) is 6.92 Å². The van der Waals surface area contributed by atoms with Crippen LogP contribution in [-0.2, 0) is 26.2 Å². The molecule has 1 unspecified atom stereocenters. The lowest BCUT2D eigenvalue weighted by molar-refractivity contribution is -0.141. The lowest BCUT2D eigenvalue weighted by Crippen LogP contribution is -2.50. The number of nitrogens with one attached hydrogen (secondary N) is 1. The van der Waals surface area contributed by atoms with Gasteiger partial charge in [0.05, 0.1) is 18.6 Å². The molecular formula is C28H41N3O5S. The molecule has 1 N–H and O–H groups in total. The van der Waals surface area contributed by atoms with Crippen LogP contribution in [0.5, 0.6) is 5.75 Å². The Kier molecular flexibility index (Phi) is 11.4. The van der Waals surface area contributed by atoms with E-state index in [1.54, 1.807) is 29.2 Å². The van der Waals surface area contributed by atoms with Crippen LogP contribution < -0.4 is 14.4 Å². The van der Waals surface area contributed by atoms with Crippen LogP contribution in [0.15, 0.2) is 48.5 Å². The quantitative estimate of drug-likeness (QED) is 0.393. The van der Waals surface area contributed by atoms with Crippen LogP contribution in [0.2, 0.25) is 0 Å². The summed E-state index contributed by atoms with van der Waals surface area (Å²) in [6, 6.07) is 14.1. The van der Waals surface area contributed by atoms with E-state index in [1.165, 1.54) is 4.31 Å². The number of nitrogens with zero attached hydrogens (tertiary/aromatic N) is 2. The Labute approximate surface area is 222 Å². The van der Waals surface area contributed by atoms with E-state index in [0.29, 0.717) is 37.4 Å². The summed E-state index contributed by atoms with van der Waals surface area (Å²) < 4.78 is 32.2. The maximum atomic E-state index is 13.5. The number of ether oxygens (including phenoxy) is 1. The number of anilines is 1. The van der Waals surface area contributed by atoms with E-state index in [9.17, 15) is 18.0 Å². The van der Waals surface area contributed by atoms with Crippen molar-refractivity contribution >= 4 is 27.5 Å². The molecule has 2 aromatic carbocycles. The third-order valence-corrected chi connectivity index (χ3v) is 7.02. The summed E-state index contributed by atoms with van der Waals surface area (Å²) in [6.07, 6.45) is 2.00. The molecule has 0 spiro atoms. The van der Waals surface area contributed by atoms with Gasteiger partial charge in [0.1, 0.15) is 11.8 Å². The highest BCUT2D eigenvalue weighted by atomic mass is 32.2. The van der Waals surface area contributed by atoms with Crippen LogP contribution in [0.1, 0.15) is 58.1 Å². The van der Waals surface area contributed by atoms with E-state index in [2.05, 4.69) is 5.32 Å². The predicted octanol–water partition coefficient (Wildman–Crippen LogP) is 4.27. The van der Waals surface area contributed by atoms with Gasteiger partial charge in [-0.25, -0.2) is 8.42 Å². The molecule has 0 saturated heterocycles. The average molecular weight is 532 g/mol. The summed E-state index contributed by atoms with van der Waals surface area (Å²) in [5, 5.41) is 2.93. The average Bonchev–Trinajstić information content (AvgIpc) is 2.81. The second kappa shape index (κ2) is 14.0. The minimum Gasteiger partial charge on any atom is -0.492 e. The predicted molar refractivity (Wildman–Crippen MR) is 148 cm³/mol. The summed E-state index contributed by atoms with van der Waals surface area (Å²) in [4.78, 5) is 28.1. The van der Waals surface area contributed by atoms with Crippen molar-refractivity contribution in [3.63, 3.8) is 0 Å². The smallest absolute Gasteiger partial charge is 0.243 e. The minimum absolute atomic E-state index is 0.0498. The molecule has 0 aliphatic carbocycles. The van der Waals surface area contributed by atoms with Gasteiger partial charge < -0.3 is 15.0 Å². The summed E-state index contributed by atoms with van der Waals surface area (Å²) in [5.41, 5.74) is 2.45. The number of carbonyl (C=O) groups excluding carboxylic acids is 2. The minimum atomic E-state index is -3.61. The summed E-state index contributed by atoms with van der Waals surface area (Å²) in [5.74, 6) is 0.0833. The molecule has 2 rings (SSSR count). The Bertz CT molecular complexity index is 1150. The maximum Gasteiger partial charge on any atom is 0.243 e. The van der Waals surface area contributed by atoms with E-state index >= 15 is 0 Å². The number of amides is 2. The van der Waals surface area contributed by atoms with Gasteiger partial charge in [-0.05, 0) is 58.2 Å². The second-order valence-corrected chi connectivity index (χ2v) is 11.3. The zero-order valence-electron chi connectivity index (χ0n) is 22.9. The first-order valence-corrected chi connectivity index (χ1v) is 14.7. The normalized spacial score (nSPS) is 12.2. The lowest BCUT2D eigenvalue weighted by atomic mass is 10.1. The first-order valence-electron chi connectivity index (χ1n) is 12.8. The van der Waals surface area contributed by atoms with Gasteiger partial charge in [-0.2, -0.15) is 0 Å². The zero-order chi connectivity index (χ0) is 27.6. The molecule has 9 heteroatoms. The topological polar surface area (TPSA) is 96.0 Å². The summed E-state index contributed by atoms with van der Waals surface area (Å²) >= 11 is 0. The number of benzene rings is 2. The van der Waals surface area contributed by atoms with E-state index in [4.69, 9.17) is 4.74 Å². The van der Waals surface area contributed by atoms with Crippen molar-refractivity contribution < 1.29 is 22.7 Å². The standard InChI is InChI=1S/C28H41N3O5S/c1-7-24(28(33)29-21(3)4)30(20-23-14-11-13-22(5)19-23)27(32)17-12-18-31(37(6,34)35)25-15-9-10-16-26(25)36-8-2/h9-11,13-16,19,21,24H,7-8,12,17-18,20H2,1-6H3,(H,29,33). The van der Waals surface area contributed by atoms with Gasteiger partial charge in [0, 0.05) is 25.6 Å². The van der Waals surface area contributed by atoms with Crippen LogP contribution in [-0.4, -0.2) is 56.6 Å². The Morgan fingerprint density at radius 1 is 1.05 bits per heavy atom. The van der Waals surface area contributed by atoms with Crippen LogP contribution >= 0.6 is 0 Å². The molecule has 8 nitrogen and oxygen atoms in total. The highest BCUT2D eigenvalue weighted by Gasteiger charge is 2.29. The monoisotopic (exact) mass is 531 g/mol. The largest absolute Gasteiger partial charge is 0.492 e. The van der Waals surface area contributed by atoms with E-state index < -0.39 is 16.1 Å². The lowest BCUT2D eigenvalue weighted by Gasteiger charge is -2.32. The molecule has 0 saturated carbocycles. The summed E-state index contributed by atoms with van der Waals surface area (Å²) in [7, 11) is -3.61. The number of rotatable bonds is 14. The van der Waals surface area contributed by atoms with Gasteiger partial charge in [-0.15, -0.1) is 0 Å². The first kappa shape index (κ1) is 30.2. The number of carbonyl (C=O) groups is 2. The SMILES string of the molecule is CCOc1ccccc1N(CCCC(=O)N(Cc1cccc(C)c1)C(CC)C(=O)NC(C)C)S(C)(=O)=O. The van der Waals surface area contributed by atoms with Crippen LogP contribution in [0.3, 0.4) is 0 Å². The summed E-state index contributed by atoms with van der Waals surface area (Å²) in [6.45, 7) is 10.3. The molecule has 0 aromatic heterocycles. The molecule has 0 aliphatic rings. The van der Waals surface area contributed by atoms with Gasteiger partial charge in [0.25, 0.3) is 0 Å². The molecule has 0 heterocycles. The number of sulfonamides is 1. The molecule has 0 bridgehead atoms. The molecule has 0 aliphatic heterocycles. The van der Waals surface area contributed by atoms with Gasteiger partial charge in [0.2, 0.25) is 21.8 Å². The van der Waals surface area contributed by atoms with Crippen molar-refractivity contribution in [1.82, 2.24) is 10.2 Å². The first-order chi connectivity index (χ1) is 17.5. The Morgan fingerprint density at radius 2 is 1.76 bits per heavy atom. The molecule has 204 valence electrons. The second-order valence-electron chi connectivity index (χ2n) is 9.44. The fourth-order valence-electron chi connectivity index (χ4n) is 4.23. The molecule has 2 aromatic rings. The molecule has 0 radical (unpaired) electrons. The highest BCUT2D eigenvalue weighted by Crippen LogP contribution is 2.30. The van der Waals surface area contributed by atoms with Crippen molar-refractivity contribution in [3.05, 3.63) is 59.7 Å². The van der Waals surface area contributed by atoms with Crippen LogP contribution in [0.4, 0.5) is 5.69 Å². The van der Waals surface area contributed by atoms with Gasteiger partial charge in [0.15, 0.2) is 0 Å². The highest BCUT2D eigenvalue weighted by molar-refractivity contribution is 7.92. The van der Waals surface area contributed by atoms with Crippen molar-refractivity contribution in [2.24, 2.45) is 0 Å². The zero-order valence-corrected chi connectivity index (χ0v) is 23.7. The number of aryl methyl sites for hydroxylation is 1. The number of hydrogen-bond donors (Lipinski definition) is 1. The fraction of sp³-hybridized carbons (Fsp3) is 0.500. The van der Waals surface area contributed by atoms with Gasteiger partial charge in [-0.3, -0.25) is 13.9 Å². The molecule has 2 amide bonds. The van der Waals surface area contributed by atoms with Crippen molar-refractivity contribution in [1.29, 1.82) is 0 Å². The van der Waals surface area contributed by atoms with Crippen LogP contribution in [0.25, 0.3) is 0 Å². The Morgan fingerprint density at radius 3 is 2.35 bits per heavy atom. The Hall–Kier alpha value is -3.07. The number of para-hydroxylation sites is 2. The van der Waals surface area contributed by atoms with Gasteiger partial charge >= 0.3 is 0 Å². The molecular weight excluding hydrogens is 490 g/mol. The third-order valence-electron chi connectivity index (χ3n) is 5.84. The van der Waals surface area contributed by atoms with E-state index in [1.807, 2.05) is 58.9 Å².